The predicted molar refractivity (Wildman–Crippen MR) is 74.8 cm³/mol. The number of hydrogen-bond acceptors (Lipinski definition) is 5. The number of thiophene rings is 1. The van der Waals surface area contributed by atoms with Crippen LogP contribution in [0.25, 0.3) is 10.6 Å². The lowest BCUT2D eigenvalue weighted by atomic mass is 10.2. The van der Waals surface area contributed by atoms with Gasteiger partial charge in [0.1, 0.15) is 5.69 Å². The predicted octanol–water partition coefficient (Wildman–Crippen LogP) is 2.13. The van der Waals surface area contributed by atoms with Crippen LogP contribution in [0.4, 0.5) is 5.82 Å². The van der Waals surface area contributed by atoms with E-state index in [1.54, 1.807) is 11.3 Å². The lowest BCUT2D eigenvalue weighted by Gasteiger charge is -2.23. The van der Waals surface area contributed by atoms with E-state index in [1.807, 2.05) is 12.1 Å². The molecule has 0 aromatic carbocycles. The average Bonchev–Trinajstić information content (AvgIpc) is 3.10. The van der Waals surface area contributed by atoms with E-state index in [4.69, 9.17) is 5.73 Å². The number of hydrogen-bond donors (Lipinski definition) is 1. The quantitative estimate of drug-likeness (QED) is 0.918. The molecule has 1 aliphatic heterocycles. The summed E-state index contributed by atoms with van der Waals surface area (Å²) in [4.78, 5) is 3.43. The van der Waals surface area contributed by atoms with Crippen molar-refractivity contribution in [3.05, 3.63) is 29.6 Å². The molecule has 3 heterocycles. The first kappa shape index (κ1) is 11.6. The second kappa shape index (κ2) is 5.04. The number of aromatic nitrogens is 2. The largest absolute Gasteiger partial charge is 0.351 e. The number of rotatable bonds is 3. The van der Waals surface area contributed by atoms with Gasteiger partial charge in [0.05, 0.1) is 4.88 Å². The highest BCUT2D eigenvalue weighted by molar-refractivity contribution is 7.13. The first-order chi connectivity index (χ1) is 8.88. The van der Waals surface area contributed by atoms with Crippen LogP contribution in [0.5, 0.6) is 0 Å². The molecule has 0 radical (unpaired) electrons. The molecule has 0 saturated carbocycles. The summed E-state index contributed by atoms with van der Waals surface area (Å²) in [5, 5.41) is 10.7. The first-order valence-electron chi connectivity index (χ1n) is 6.23. The summed E-state index contributed by atoms with van der Waals surface area (Å²) in [6.07, 6.45) is 2.35. The molecular formula is C13H16N4S. The summed E-state index contributed by atoms with van der Waals surface area (Å²) in [6.45, 7) is 1.73. The van der Waals surface area contributed by atoms with Gasteiger partial charge in [-0.05, 0) is 36.4 Å². The zero-order chi connectivity index (χ0) is 12.4. The van der Waals surface area contributed by atoms with Gasteiger partial charge >= 0.3 is 0 Å². The number of anilines is 1. The van der Waals surface area contributed by atoms with Crippen molar-refractivity contribution in [1.29, 1.82) is 0 Å². The standard InChI is InChI=1S/C13H16N4S/c14-9-10-3-1-7-17(10)13-6-5-11(15-16-13)12-4-2-8-18-12/h2,4-6,8,10H,1,3,7,9,14H2. The summed E-state index contributed by atoms with van der Waals surface area (Å²) in [5.74, 6) is 0.947. The maximum Gasteiger partial charge on any atom is 0.151 e. The van der Waals surface area contributed by atoms with Gasteiger partial charge in [0.25, 0.3) is 0 Å². The zero-order valence-electron chi connectivity index (χ0n) is 10.1. The van der Waals surface area contributed by atoms with Gasteiger partial charge in [0, 0.05) is 19.1 Å². The van der Waals surface area contributed by atoms with Crippen LogP contribution in [0.1, 0.15) is 12.8 Å². The van der Waals surface area contributed by atoms with Crippen molar-refractivity contribution in [3.63, 3.8) is 0 Å². The lowest BCUT2D eigenvalue weighted by molar-refractivity contribution is 0.668. The van der Waals surface area contributed by atoms with E-state index in [1.165, 1.54) is 6.42 Å². The molecule has 2 N–H and O–H groups in total. The minimum absolute atomic E-state index is 0.423. The van der Waals surface area contributed by atoms with E-state index in [-0.39, 0.29) is 0 Å². The highest BCUT2D eigenvalue weighted by atomic mass is 32.1. The van der Waals surface area contributed by atoms with Crippen LogP contribution in [0.2, 0.25) is 0 Å². The molecule has 5 heteroatoms. The summed E-state index contributed by atoms with van der Waals surface area (Å²) in [7, 11) is 0. The molecule has 2 aromatic rings. The van der Waals surface area contributed by atoms with Crippen LogP contribution < -0.4 is 10.6 Å². The molecule has 2 aromatic heterocycles. The summed E-state index contributed by atoms with van der Waals surface area (Å²) < 4.78 is 0. The third kappa shape index (κ3) is 2.11. The third-order valence-electron chi connectivity index (χ3n) is 3.37. The van der Waals surface area contributed by atoms with Crippen LogP contribution in [0.3, 0.4) is 0 Å². The SMILES string of the molecule is NCC1CCCN1c1ccc(-c2cccs2)nn1. The van der Waals surface area contributed by atoms with Crippen LogP contribution in [0, 0.1) is 0 Å². The molecule has 18 heavy (non-hydrogen) atoms. The molecule has 1 unspecified atom stereocenters. The topological polar surface area (TPSA) is 55.0 Å². The van der Waals surface area contributed by atoms with E-state index in [0.717, 1.165) is 29.4 Å². The fourth-order valence-electron chi connectivity index (χ4n) is 2.42. The van der Waals surface area contributed by atoms with Crippen molar-refractivity contribution >= 4 is 17.2 Å². The molecule has 1 atom stereocenters. The zero-order valence-corrected chi connectivity index (χ0v) is 10.9. The molecule has 94 valence electrons. The van der Waals surface area contributed by atoms with Gasteiger partial charge in [-0.3, -0.25) is 0 Å². The second-order valence-corrected chi connectivity index (χ2v) is 5.43. The van der Waals surface area contributed by atoms with Gasteiger partial charge in [0.15, 0.2) is 5.82 Å². The molecule has 0 bridgehead atoms. The van der Waals surface area contributed by atoms with Crippen LogP contribution in [-0.2, 0) is 0 Å². The van der Waals surface area contributed by atoms with Crippen molar-refractivity contribution < 1.29 is 0 Å². The maximum atomic E-state index is 5.78. The molecule has 1 aliphatic rings. The van der Waals surface area contributed by atoms with Gasteiger partial charge in [0.2, 0.25) is 0 Å². The Morgan fingerprint density at radius 1 is 1.33 bits per heavy atom. The highest BCUT2D eigenvalue weighted by Gasteiger charge is 2.24. The summed E-state index contributed by atoms with van der Waals surface area (Å²) in [5.41, 5.74) is 6.72. The Morgan fingerprint density at radius 2 is 2.28 bits per heavy atom. The Labute approximate surface area is 110 Å². The van der Waals surface area contributed by atoms with E-state index >= 15 is 0 Å². The van der Waals surface area contributed by atoms with Crippen molar-refractivity contribution in [2.75, 3.05) is 18.0 Å². The number of nitrogens with zero attached hydrogens (tertiary/aromatic N) is 3. The normalized spacial score (nSPS) is 19.4. The molecule has 0 aliphatic carbocycles. The van der Waals surface area contributed by atoms with Gasteiger partial charge in [-0.25, -0.2) is 0 Å². The molecule has 0 spiro atoms. The molecule has 1 fully saturated rings. The summed E-state index contributed by atoms with van der Waals surface area (Å²) in [6, 6.07) is 8.61. The van der Waals surface area contributed by atoms with Gasteiger partial charge < -0.3 is 10.6 Å². The van der Waals surface area contributed by atoms with Crippen molar-refractivity contribution in [1.82, 2.24) is 10.2 Å². The lowest BCUT2D eigenvalue weighted by Crippen LogP contribution is -2.36. The summed E-state index contributed by atoms with van der Waals surface area (Å²) >= 11 is 1.68. The minimum atomic E-state index is 0.423. The minimum Gasteiger partial charge on any atom is -0.351 e. The monoisotopic (exact) mass is 260 g/mol. The van der Waals surface area contributed by atoms with Crippen molar-refractivity contribution in [2.24, 2.45) is 5.73 Å². The van der Waals surface area contributed by atoms with Crippen LogP contribution >= 0.6 is 11.3 Å². The molecule has 4 nitrogen and oxygen atoms in total. The van der Waals surface area contributed by atoms with E-state index in [0.29, 0.717) is 12.6 Å². The Hall–Kier alpha value is -1.46. The van der Waals surface area contributed by atoms with Crippen LogP contribution in [-0.4, -0.2) is 29.3 Å². The van der Waals surface area contributed by atoms with Gasteiger partial charge in [-0.1, -0.05) is 6.07 Å². The molecular weight excluding hydrogens is 244 g/mol. The first-order valence-corrected chi connectivity index (χ1v) is 7.11. The van der Waals surface area contributed by atoms with E-state index in [9.17, 15) is 0 Å². The second-order valence-electron chi connectivity index (χ2n) is 4.48. The molecule has 1 saturated heterocycles. The molecule has 3 rings (SSSR count). The third-order valence-corrected chi connectivity index (χ3v) is 4.26. The fourth-order valence-corrected chi connectivity index (χ4v) is 3.11. The Kier molecular flexibility index (Phi) is 3.25. The maximum absolute atomic E-state index is 5.78. The Bertz CT molecular complexity index is 494. The van der Waals surface area contributed by atoms with Gasteiger partial charge in [-0.2, -0.15) is 0 Å². The Morgan fingerprint density at radius 3 is 2.94 bits per heavy atom. The number of nitrogens with two attached hydrogens (primary N) is 1. The van der Waals surface area contributed by atoms with Gasteiger partial charge in [-0.15, -0.1) is 21.5 Å². The fraction of sp³-hybridized carbons (Fsp3) is 0.385. The van der Waals surface area contributed by atoms with E-state index in [2.05, 4.69) is 32.6 Å². The van der Waals surface area contributed by atoms with Crippen molar-refractivity contribution in [2.45, 2.75) is 18.9 Å². The molecule has 0 amide bonds. The Balaban J connectivity index is 1.83. The van der Waals surface area contributed by atoms with Crippen molar-refractivity contribution in [3.8, 4) is 10.6 Å². The van der Waals surface area contributed by atoms with E-state index < -0.39 is 0 Å². The average molecular weight is 260 g/mol. The smallest absolute Gasteiger partial charge is 0.151 e. The highest BCUT2D eigenvalue weighted by Crippen LogP contribution is 2.26. The van der Waals surface area contributed by atoms with Crippen LogP contribution in [0.15, 0.2) is 29.6 Å².